The van der Waals surface area contributed by atoms with Crippen LogP contribution in [0.1, 0.15) is 37.4 Å². The fourth-order valence-corrected chi connectivity index (χ4v) is 2.91. The van der Waals surface area contributed by atoms with E-state index in [1.807, 2.05) is 30.9 Å². The lowest BCUT2D eigenvalue weighted by Gasteiger charge is -2.27. The Kier molecular flexibility index (Phi) is 3.88. The van der Waals surface area contributed by atoms with Crippen molar-refractivity contribution in [3.63, 3.8) is 0 Å². The van der Waals surface area contributed by atoms with Crippen LogP contribution in [0.3, 0.4) is 0 Å². The Bertz CT molecular complexity index is 485. The molecule has 0 aliphatic carbocycles. The van der Waals surface area contributed by atoms with Gasteiger partial charge in [0, 0.05) is 17.3 Å². The first-order chi connectivity index (χ1) is 8.54. The van der Waals surface area contributed by atoms with E-state index in [-0.39, 0.29) is 5.54 Å². The van der Waals surface area contributed by atoms with Gasteiger partial charge in [0.05, 0.1) is 23.8 Å². The van der Waals surface area contributed by atoms with Gasteiger partial charge in [0.15, 0.2) is 0 Å². The second-order valence-electron chi connectivity index (χ2n) is 5.19. The van der Waals surface area contributed by atoms with Crippen molar-refractivity contribution in [3.8, 4) is 0 Å². The smallest absolute Gasteiger partial charge is 0.0951 e. The van der Waals surface area contributed by atoms with E-state index in [4.69, 9.17) is 0 Å². The van der Waals surface area contributed by atoms with Crippen molar-refractivity contribution >= 4 is 11.3 Å². The molecule has 0 aliphatic heterocycles. The lowest BCUT2D eigenvalue weighted by atomic mass is 10.0. The highest BCUT2D eigenvalue weighted by Gasteiger charge is 2.24. The van der Waals surface area contributed by atoms with E-state index in [0.717, 1.165) is 6.42 Å². The minimum absolute atomic E-state index is 0.0553. The summed E-state index contributed by atoms with van der Waals surface area (Å²) in [4.78, 5) is 5.73. The largest absolute Gasteiger partial charge is 0.330 e. The number of imidazole rings is 1. The van der Waals surface area contributed by atoms with Gasteiger partial charge in [0.1, 0.15) is 0 Å². The van der Waals surface area contributed by atoms with Crippen LogP contribution in [0.2, 0.25) is 0 Å². The van der Waals surface area contributed by atoms with Gasteiger partial charge < -0.3 is 9.88 Å². The second kappa shape index (κ2) is 5.24. The lowest BCUT2D eigenvalue weighted by Crippen LogP contribution is -2.36. The predicted octanol–water partition coefficient (Wildman–Crippen LogP) is 3.20. The van der Waals surface area contributed by atoms with Crippen molar-refractivity contribution in [2.45, 2.75) is 38.8 Å². The van der Waals surface area contributed by atoms with Gasteiger partial charge in [-0.3, -0.25) is 0 Å². The van der Waals surface area contributed by atoms with Crippen LogP contribution in [0.15, 0.2) is 30.0 Å². The van der Waals surface area contributed by atoms with Crippen LogP contribution in [0.25, 0.3) is 0 Å². The second-order valence-corrected chi connectivity index (χ2v) is 6.23. The van der Waals surface area contributed by atoms with Crippen LogP contribution in [0.4, 0.5) is 0 Å². The number of aromatic nitrogens is 2. The summed E-state index contributed by atoms with van der Waals surface area (Å²) in [7, 11) is 1.99. The highest BCUT2D eigenvalue weighted by atomic mass is 32.1. The van der Waals surface area contributed by atoms with Crippen LogP contribution in [0.5, 0.6) is 0 Å². The number of nitrogens with zero attached hydrogens (tertiary/aromatic N) is 2. The lowest BCUT2D eigenvalue weighted by molar-refractivity contribution is 0.389. The molecule has 18 heavy (non-hydrogen) atoms. The third-order valence-corrected chi connectivity index (χ3v) is 4.38. The zero-order valence-electron chi connectivity index (χ0n) is 11.5. The van der Waals surface area contributed by atoms with Gasteiger partial charge in [-0.2, -0.15) is 0 Å². The highest BCUT2D eigenvalue weighted by molar-refractivity contribution is 7.09. The Labute approximate surface area is 113 Å². The van der Waals surface area contributed by atoms with Crippen LogP contribution in [-0.4, -0.2) is 16.6 Å². The summed E-state index contributed by atoms with van der Waals surface area (Å²) in [6.07, 6.45) is 4.95. The zero-order chi connectivity index (χ0) is 13.2. The minimum atomic E-state index is -0.0553. The first-order valence-corrected chi connectivity index (χ1v) is 7.16. The van der Waals surface area contributed by atoms with Crippen molar-refractivity contribution < 1.29 is 0 Å². The number of rotatable bonds is 5. The molecule has 0 radical (unpaired) electrons. The van der Waals surface area contributed by atoms with Crippen molar-refractivity contribution in [1.82, 2.24) is 14.9 Å². The van der Waals surface area contributed by atoms with E-state index in [1.165, 1.54) is 10.6 Å². The Hall–Kier alpha value is -1.13. The average molecular weight is 263 g/mol. The number of nitrogens with one attached hydrogen (secondary N) is 1. The van der Waals surface area contributed by atoms with Crippen LogP contribution >= 0.6 is 11.3 Å². The van der Waals surface area contributed by atoms with E-state index >= 15 is 0 Å². The summed E-state index contributed by atoms with van der Waals surface area (Å²) in [6, 6.07) is 4.73. The van der Waals surface area contributed by atoms with Crippen molar-refractivity contribution in [2.75, 3.05) is 7.05 Å². The zero-order valence-corrected chi connectivity index (χ0v) is 12.3. The summed E-state index contributed by atoms with van der Waals surface area (Å²) >= 11 is 1.82. The molecule has 1 unspecified atom stereocenters. The standard InChI is InChI=1S/C14H21N3S/c1-11(8-12-6-5-7-18-12)17-10-16-9-13(17)14(2,3)15-4/h5-7,9-11,15H,8H2,1-4H3. The van der Waals surface area contributed by atoms with E-state index in [0.29, 0.717) is 6.04 Å². The maximum Gasteiger partial charge on any atom is 0.0951 e. The minimum Gasteiger partial charge on any atom is -0.330 e. The molecule has 2 rings (SSSR count). The summed E-state index contributed by atoms with van der Waals surface area (Å²) < 4.78 is 2.27. The van der Waals surface area contributed by atoms with Crippen molar-refractivity contribution in [3.05, 3.63) is 40.6 Å². The quantitative estimate of drug-likeness (QED) is 0.897. The molecule has 0 saturated heterocycles. The van der Waals surface area contributed by atoms with Crippen molar-refractivity contribution in [1.29, 1.82) is 0 Å². The average Bonchev–Trinajstić information content (AvgIpc) is 2.99. The summed E-state index contributed by atoms with van der Waals surface area (Å²) in [5.74, 6) is 0. The first-order valence-electron chi connectivity index (χ1n) is 6.28. The van der Waals surface area contributed by atoms with Gasteiger partial charge in [-0.25, -0.2) is 4.98 Å². The van der Waals surface area contributed by atoms with Gasteiger partial charge in [0.25, 0.3) is 0 Å². The molecule has 2 aromatic rings. The Morgan fingerprint density at radius 1 is 1.50 bits per heavy atom. The number of thiophene rings is 1. The molecular weight excluding hydrogens is 242 g/mol. The molecule has 98 valence electrons. The molecule has 0 bridgehead atoms. The molecule has 0 spiro atoms. The molecular formula is C14H21N3S. The van der Waals surface area contributed by atoms with Crippen LogP contribution in [0, 0.1) is 0 Å². The third-order valence-electron chi connectivity index (χ3n) is 3.48. The van der Waals surface area contributed by atoms with E-state index in [2.05, 4.69) is 53.2 Å². The normalized spacial score (nSPS) is 13.8. The van der Waals surface area contributed by atoms with E-state index in [1.54, 1.807) is 0 Å². The topological polar surface area (TPSA) is 29.9 Å². The maximum atomic E-state index is 4.31. The van der Waals surface area contributed by atoms with Crippen LogP contribution < -0.4 is 5.32 Å². The molecule has 0 fully saturated rings. The fraction of sp³-hybridized carbons (Fsp3) is 0.500. The predicted molar refractivity (Wildman–Crippen MR) is 77.0 cm³/mol. The molecule has 0 aliphatic rings. The van der Waals surface area contributed by atoms with E-state index in [9.17, 15) is 0 Å². The van der Waals surface area contributed by atoms with Gasteiger partial charge in [-0.15, -0.1) is 11.3 Å². The Morgan fingerprint density at radius 2 is 2.28 bits per heavy atom. The van der Waals surface area contributed by atoms with Crippen LogP contribution in [-0.2, 0) is 12.0 Å². The first kappa shape index (κ1) is 13.3. The molecule has 4 heteroatoms. The van der Waals surface area contributed by atoms with Crippen molar-refractivity contribution in [2.24, 2.45) is 0 Å². The Balaban J connectivity index is 2.21. The molecule has 0 amide bonds. The molecule has 2 heterocycles. The maximum absolute atomic E-state index is 4.31. The highest BCUT2D eigenvalue weighted by Crippen LogP contribution is 2.25. The monoisotopic (exact) mass is 263 g/mol. The molecule has 2 aromatic heterocycles. The molecule has 1 N–H and O–H groups in total. The van der Waals surface area contributed by atoms with Gasteiger partial charge >= 0.3 is 0 Å². The molecule has 3 nitrogen and oxygen atoms in total. The van der Waals surface area contributed by atoms with Gasteiger partial charge in [0.2, 0.25) is 0 Å². The molecule has 1 atom stereocenters. The van der Waals surface area contributed by atoms with E-state index < -0.39 is 0 Å². The summed E-state index contributed by atoms with van der Waals surface area (Å²) in [5, 5.41) is 5.47. The molecule has 0 saturated carbocycles. The fourth-order valence-electron chi connectivity index (χ4n) is 2.09. The summed E-state index contributed by atoms with van der Waals surface area (Å²) in [6.45, 7) is 6.60. The van der Waals surface area contributed by atoms with Gasteiger partial charge in [-0.05, 0) is 39.3 Å². The number of hydrogen-bond donors (Lipinski definition) is 1. The number of hydrogen-bond acceptors (Lipinski definition) is 3. The van der Waals surface area contributed by atoms with Gasteiger partial charge in [-0.1, -0.05) is 6.07 Å². The Morgan fingerprint density at radius 3 is 2.89 bits per heavy atom. The SMILES string of the molecule is CNC(C)(C)c1cncn1C(C)Cc1cccs1. The summed E-state index contributed by atoms with van der Waals surface area (Å²) in [5.41, 5.74) is 1.18. The molecule has 0 aromatic carbocycles. The third kappa shape index (κ3) is 2.65.